The number of rotatable bonds is 6. The van der Waals surface area contributed by atoms with Crippen LogP contribution in [0.4, 0.5) is 0 Å². The molecule has 0 aliphatic carbocycles. The maximum absolute atomic E-state index is 11.0. The Morgan fingerprint density at radius 2 is 1.74 bits per heavy atom. The normalized spacial score (nSPS) is 11.9. The molecule has 1 atom stereocenters. The van der Waals surface area contributed by atoms with E-state index < -0.39 is 17.9 Å². The van der Waals surface area contributed by atoms with Gasteiger partial charge in [0.15, 0.2) is 0 Å². The molecular weight excluding hydrogens is 312 g/mol. The Labute approximate surface area is 139 Å². The molecule has 0 radical (unpaired) electrons. The molecule has 2 aromatic rings. The fraction of sp³-hybridized carbons (Fsp3) is 0.222. The van der Waals surface area contributed by atoms with Gasteiger partial charge in [0.25, 0.3) is 0 Å². The summed E-state index contributed by atoms with van der Waals surface area (Å²) in [6.45, 7) is 3.58. The summed E-state index contributed by atoms with van der Waals surface area (Å²) < 4.78 is 0. The van der Waals surface area contributed by atoms with Gasteiger partial charge in [0.2, 0.25) is 0 Å². The minimum Gasteiger partial charge on any atom is -0.481 e. The number of aryl methyl sites for hydroxylation is 1. The van der Waals surface area contributed by atoms with Crippen molar-refractivity contribution in [2.45, 2.75) is 36.0 Å². The van der Waals surface area contributed by atoms with Crippen molar-refractivity contribution in [2.24, 2.45) is 0 Å². The van der Waals surface area contributed by atoms with Gasteiger partial charge in [0.1, 0.15) is 0 Å². The molecule has 0 aliphatic heterocycles. The zero-order valence-electron chi connectivity index (χ0n) is 12.9. The first-order valence-corrected chi connectivity index (χ1v) is 8.00. The molecule has 0 spiro atoms. The number of aliphatic carboxylic acids is 2. The summed E-state index contributed by atoms with van der Waals surface area (Å²) in [7, 11) is 0. The van der Waals surface area contributed by atoms with Gasteiger partial charge in [-0.25, -0.2) is 0 Å². The maximum Gasteiger partial charge on any atom is 0.310 e. The van der Waals surface area contributed by atoms with Gasteiger partial charge in [-0.1, -0.05) is 41.6 Å². The van der Waals surface area contributed by atoms with E-state index in [0.717, 1.165) is 26.5 Å². The van der Waals surface area contributed by atoms with Gasteiger partial charge in [0.05, 0.1) is 12.3 Å². The Balaban J connectivity index is 2.22. The van der Waals surface area contributed by atoms with Gasteiger partial charge in [-0.05, 0) is 43.2 Å². The lowest BCUT2D eigenvalue weighted by Gasteiger charge is -2.10. The number of hydrogen-bond donors (Lipinski definition) is 2. The zero-order chi connectivity index (χ0) is 17.0. The van der Waals surface area contributed by atoms with Crippen molar-refractivity contribution < 1.29 is 19.8 Å². The predicted molar refractivity (Wildman–Crippen MR) is 89.1 cm³/mol. The highest BCUT2D eigenvalue weighted by Gasteiger charge is 2.14. The van der Waals surface area contributed by atoms with Crippen LogP contribution in [0.1, 0.15) is 29.5 Å². The fourth-order valence-electron chi connectivity index (χ4n) is 2.20. The van der Waals surface area contributed by atoms with E-state index in [1.165, 1.54) is 11.8 Å². The van der Waals surface area contributed by atoms with Crippen LogP contribution in [-0.4, -0.2) is 22.2 Å². The molecule has 0 saturated heterocycles. The summed E-state index contributed by atoms with van der Waals surface area (Å²) in [6.07, 6.45) is -0.0157. The van der Waals surface area contributed by atoms with Crippen molar-refractivity contribution in [1.82, 2.24) is 0 Å². The van der Waals surface area contributed by atoms with E-state index in [-0.39, 0.29) is 6.42 Å². The van der Waals surface area contributed by atoms with Gasteiger partial charge in [-0.2, -0.15) is 0 Å². The lowest BCUT2D eigenvalue weighted by atomic mass is 10.0. The average molecular weight is 330 g/mol. The lowest BCUT2D eigenvalue weighted by Crippen LogP contribution is -2.06. The fourth-order valence-corrected chi connectivity index (χ4v) is 3.13. The minimum atomic E-state index is -0.858. The number of carboxylic acids is 2. The molecule has 0 saturated carbocycles. The summed E-state index contributed by atoms with van der Waals surface area (Å²) >= 11 is 1.48. The summed E-state index contributed by atoms with van der Waals surface area (Å²) in [5.74, 6) is -2.26. The number of carboxylic acid groups (broad SMARTS) is 2. The molecule has 2 rings (SSSR count). The summed E-state index contributed by atoms with van der Waals surface area (Å²) in [6, 6.07) is 13.1. The van der Waals surface area contributed by atoms with Crippen molar-refractivity contribution in [3.63, 3.8) is 0 Å². The molecule has 0 heterocycles. The van der Waals surface area contributed by atoms with Crippen molar-refractivity contribution in [2.75, 3.05) is 0 Å². The topological polar surface area (TPSA) is 74.6 Å². The molecule has 120 valence electrons. The van der Waals surface area contributed by atoms with Crippen LogP contribution in [0.5, 0.6) is 0 Å². The highest BCUT2D eigenvalue weighted by molar-refractivity contribution is 7.99. The average Bonchev–Trinajstić information content (AvgIpc) is 2.49. The molecule has 2 aromatic carbocycles. The van der Waals surface area contributed by atoms with E-state index in [2.05, 4.69) is 0 Å². The summed E-state index contributed by atoms with van der Waals surface area (Å²) in [5, 5.41) is 18.1. The van der Waals surface area contributed by atoms with Crippen LogP contribution in [0.3, 0.4) is 0 Å². The largest absolute Gasteiger partial charge is 0.481 e. The third-order valence-corrected chi connectivity index (χ3v) is 4.66. The molecular formula is C18H18O4S. The number of benzene rings is 2. The lowest BCUT2D eigenvalue weighted by molar-refractivity contribution is -0.138. The minimum absolute atomic E-state index is 0.0157. The highest BCUT2D eigenvalue weighted by Crippen LogP contribution is 2.32. The number of hydrogen-bond acceptors (Lipinski definition) is 3. The maximum atomic E-state index is 11.0. The Morgan fingerprint density at radius 3 is 2.30 bits per heavy atom. The van der Waals surface area contributed by atoms with Gasteiger partial charge in [-0.15, -0.1) is 0 Å². The van der Waals surface area contributed by atoms with Gasteiger partial charge < -0.3 is 10.2 Å². The quantitative estimate of drug-likeness (QED) is 0.838. The third-order valence-electron chi connectivity index (χ3n) is 3.54. The second kappa shape index (κ2) is 7.33. The molecule has 0 fully saturated rings. The summed E-state index contributed by atoms with van der Waals surface area (Å²) in [4.78, 5) is 23.8. The van der Waals surface area contributed by atoms with Crippen LogP contribution in [0.25, 0.3) is 0 Å². The van der Waals surface area contributed by atoms with Gasteiger partial charge >= 0.3 is 11.9 Å². The van der Waals surface area contributed by atoms with Crippen molar-refractivity contribution in [3.05, 3.63) is 59.2 Å². The van der Waals surface area contributed by atoms with Gasteiger partial charge in [-0.3, -0.25) is 9.59 Å². The first-order valence-electron chi connectivity index (χ1n) is 7.18. The molecule has 1 unspecified atom stereocenters. The second-order valence-electron chi connectivity index (χ2n) is 5.41. The van der Waals surface area contributed by atoms with Crippen molar-refractivity contribution in [3.8, 4) is 0 Å². The Hall–Kier alpha value is -2.27. The monoisotopic (exact) mass is 330 g/mol. The molecule has 4 nitrogen and oxygen atoms in total. The van der Waals surface area contributed by atoms with E-state index in [1.807, 2.05) is 37.3 Å². The van der Waals surface area contributed by atoms with Crippen LogP contribution in [-0.2, 0) is 16.0 Å². The van der Waals surface area contributed by atoms with E-state index in [9.17, 15) is 9.59 Å². The third kappa shape index (κ3) is 4.60. The second-order valence-corrected chi connectivity index (χ2v) is 6.53. The first kappa shape index (κ1) is 17.1. The van der Waals surface area contributed by atoms with Crippen LogP contribution in [0.2, 0.25) is 0 Å². The van der Waals surface area contributed by atoms with Crippen LogP contribution >= 0.6 is 11.8 Å². The molecule has 0 amide bonds. The van der Waals surface area contributed by atoms with Gasteiger partial charge in [0, 0.05) is 9.79 Å². The van der Waals surface area contributed by atoms with Crippen LogP contribution in [0.15, 0.2) is 52.3 Å². The van der Waals surface area contributed by atoms with Crippen LogP contribution < -0.4 is 0 Å². The van der Waals surface area contributed by atoms with E-state index >= 15 is 0 Å². The molecule has 0 bridgehead atoms. The highest BCUT2D eigenvalue weighted by atomic mass is 32.2. The SMILES string of the molecule is Cc1ccc(Sc2ccc(C(C)C(=O)O)cc2)c(CC(=O)O)c1. The van der Waals surface area contributed by atoms with E-state index in [4.69, 9.17) is 10.2 Å². The van der Waals surface area contributed by atoms with Crippen molar-refractivity contribution >= 4 is 23.7 Å². The Bertz CT molecular complexity index is 722. The van der Waals surface area contributed by atoms with Crippen LogP contribution in [0, 0.1) is 6.92 Å². The molecule has 0 aliphatic rings. The van der Waals surface area contributed by atoms with E-state index in [1.54, 1.807) is 19.1 Å². The molecule has 0 aromatic heterocycles. The molecule has 23 heavy (non-hydrogen) atoms. The number of carbonyl (C=O) groups is 2. The smallest absolute Gasteiger partial charge is 0.310 e. The predicted octanol–water partition coefficient (Wildman–Crippen LogP) is 3.96. The molecule has 2 N–H and O–H groups in total. The first-order chi connectivity index (χ1) is 10.9. The Morgan fingerprint density at radius 1 is 1.09 bits per heavy atom. The standard InChI is InChI=1S/C18H18O4S/c1-11-3-8-16(14(9-11)10-17(19)20)23-15-6-4-13(5-7-15)12(2)18(21)22/h3-9,12H,10H2,1-2H3,(H,19,20)(H,21,22). The Kier molecular flexibility index (Phi) is 5.45. The summed E-state index contributed by atoms with van der Waals surface area (Å²) in [5.41, 5.74) is 2.55. The van der Waals surface area contributed by atoms with E-state index in [0.29, 0.717) is 0 Å². The zero-order valence-corrected chi connectivity index (χ0v) is 13.8. The van der Waals surface area contributed by atoms with Crippen molar-refractivity contribution in [1.29, 1.82) is 0 Å². The molecule has 5 heteroatoms.